The number of anilines is 1. The van der Waals surface area contributed by atoms with E-state index in [4.69, 9.17) is 28.2 Å². The SMILES string of the molecule is CCCN(c1c(CC)nc2c(-c3ccc(Cl)cc3Cl)nccn12)C(C)CC. The van der Waals surface area contributed by atoms with Crippen molar-refractivity contribution < 1.29 is 0 Å². The van der Waals surface area contributed by atoms with Gasteiger partial charge in [0.1, 0.15) is 11.5 Å². The van der Waals surface area contributed by atoms with Gasteiger partial charge in [0.15, 0.2) is 5.65 Å². The second-order valence-electron chi connectivity index (χ2n) is 6.78. The number of aromatic nitrogens is 3. The van der Waals surface area contributed by atoms with Gasteiger partial charge < -0.3 is 4.90 Å². The molecule has 2 aromatic heterocycles. The van der Waals surface area contributed by atoms with Crippen molar-refractivity contribution in [1.82, 2.24) is 14.4 Å². The average Bonchev–Trinajstić information content (AvgIpc) is 3.04. The summed E-state index contributed by atoms with van der Waals surface area (Å²) in [5.41, 5.74) is 3.54. The van der Waals surface area contributed by atoms with Crippen LogP contribution in [0.15, 0.2) is 30.6 Å². The number of halogens is 2. The van der Waals surface area contributed by atoms with E-state index in [1.165, 1.54) is 0 Å². The Kier molecular flexibility index (Phi) is 6.28. The van der Waals surface area contributed by atoms with Gasteiger partial charge in [-0.3, -0.25) is 9.38 Å². The van der Waals surface area contributed by atoms with Gasteiger partial charge in [-0.15, -0.1) is 0 Å². The Morgan fingerprint density at radius 1 is 1.19 bits per heavy atom. The van der Waals surface area contributed by atoms with Crippen molar-refractivity contribution in [2.45, 2.75) is 53.0 Å². The summed E-state index contributed by atoms with van der Waals surface area (Å²) in [5, 5.41) is 1.19. The third kappa shape index (κ3) is 3.78. The van der Waals surface area contributed by atoms with Crippen LogP contribution < -0.4 is 4.90 Å². The monoisotopic (exact) mass is 404 g/mol. The van der Waals surface area contributed by atoms with E-state index >= 15 is 0 Å². The second kappa shape index (κ2) is 8.49. The highest BCUT2D eigenvalue weighted by Crippen LogP contribution is 2.34. The molecule has 1 aromatic carbocycles. The fraction of sp³-hybridized carbons (Fsp3) is 0.429. The molecule has 0 aliphatic rings. The lowest BCUT2D eigenvalue weighted by Gasteiger charge is -2.30. The van der Waals surface area contributed by atoms with Crippen LogP contribution in [0.1, 0.15) is 46.2 Å². The van der Waals surface area contributed by atoms with Gasteiger partial charge in [0.2, 0.25) is 0 Å². The highest BCUT2D eigenvalue weighted by molar-refractivity contribution is 6.36. The van der Waals surface area contributed by atoms with Gasteiger partial charge in [-0.25, -0.2) is 4.98 Å². The van der Waals surface area contributed by atoms with E-state index in [1.807, 2.05) is 24.5 Å². The first-order chi connectivity index (χ1) is 13.0. The summed E-state index contributed by atoms with van der Waals surface area (Å²) >= 11 is 12.5. The molecule has 3 aromatic rings. The smallest absolute Gasteiger partial charge is 0.165 e. The van der Waals surface area contributed by atoms with Crippen molar-refractivity contribution in [2.24, 2.45) is 0 Å². The predicted molar refractivity (Wildman–Crippen MR) is 115 cm³/mol. The fourth-order valence-electron chi connectivity index (χ4n) is 3.42. The van der Waals surface area contributed by atoms with E-state index in [2.05, 4.69) is 42.0 Å². The minimum atomic E-state index is 0.436. The molecule has 0 spiro atoms. The van der Waals surface area contributed by atoms with Crippen LogP contribution in [0.5, 0.6) is 0 Å². The molecule has 144 valence electrons. The Balaban J connectivity index is 2.25. The number of imidazole rings is 1. The summed E-state index contributed by atoms with van der Waals surface area (Å²) in [6, 6.07) is 5.93. The van der Waals surface area contributed by atoms with Gasteiger partial charge in [-0.2, -0.15) is 0 Å². The molecule has 1 unspecified atom stereocenters. The normalized spacial score (nSPS) is 12.5. The van der Waals surface area contributed by atoms with Crippen LogP contribution in [0.25, 0.3) is 16.9 Å². The maximum atomic E-state index is 6.46. The van der Waals surface area contributed by atoms with Gasteiger partial charge in [0.25, 0.3) is 0 Å². The zero-order valence-electron chi connectivity index (χ0n) is 16.3. The van der Waals surface area contributed by atoms with Crippen molar-refractivity contribution in [2.75, 3.05) is 11.4 Å². The number of nitrogens with zero attached hydrogens (tertiary/aromatic N) is 4. The third-order valence-corrected chi connectivity index (χ3v) is 5.51. The lowest BCUT2D eigenvalue weighted by molar-refractivity contribution is 0.599. The first-order valence-corrected chi connectivity index (χ1v) is 10.3. The van der Waals surface area contributed by atoms with Crippen LogP contribution >= 0.6 is 23.2 Å². The number of benzene rings is 1. The van der Waals surface area contributed by atoms with E-state index in [0.717, 1.165) is 54.2 Å². The molecule has 6 heteroatoms. The molecule has 0 fully saturated rings. The van der Waals surface area contributed by atoms with Gasteiger partial charge in [-0.05, 0) is 44.4 Å². The van der Waals surface area contributed by atoms with Crippen molar-refractivity contribution in [3.05, 3.63) is 46.3 Å². The first-order valence-electron chi connectivity index (χ1n) is 9.59. The molecule has 2 heterocycles. The Labute approximate surface area is 171 Å². The molecule has 0 radical (unpaired) electrons. The molecule has 0 amide bonds. The molecule has 0 aliphatic carbocycles. The van der Waals surface area contributed by atoms with E-state index in [0.29, 0.717) is 16.1 Å². The summed E-state index contributed by atoms with van der Waals surface area (Å²) in [4.78, 5) is 12.0. The fourth-order valence-corrected chi connectivity index (χ4v) is 3.92. The van der Waals surface area contributed by atoms with E-state index in [-0.39, 0.29) is 0 Å². The quantitative estimate of drug-likeness (QED) is 0.464. The van der Waals surface area contributed by atoms with Crippen LogP contribution in [0, 0.1) is 0 Å². The standard InChI is InChI=1S/C21H26Cl2N4/c1-5-11-26(14(4)6-2)21-18(7-3)25-20-19(24-10-12-27(20)21)16-9-8-15(22)13-17(16)23/h8-10,12-14H,5-7,11H2,1-4H3. The van der Waals surface area contributed by atoms with Crippen molar-refractivity contribution in [3.63, 3.8) is 0 Å². The first kappa shape index (κ1) is 20.0. The molecule has 0 saturated heterocycles. The van der Waals surface area contributed by atoms with E-state index in [1.54, 1.807) is 6.07 Å². The van der Waals surface area contributed by atoms with Gasteiger partial charge in [0.05, 0.1) is 10.7 Å². The summed E-state index contributed by atoms with van der Waals surface area (Å²) in [6.45, 7) is 9.85. The number of aryl methyl sites for hydroxylation is 1. The molecular formula is C21H26Cl2N4. The molecule has 1 atom stereocenters. The lowest BCUT2D eigenvalue weighted by Crippen LogP contribution is -2.35. The zero-order valence-corrected chi connectivity index (χ0v) is 17.8. The average molecular weight is 405 g/mol. The Hall–Kier alpha value is -1.78. The molecule has 0 saturated carbocycles. The zero-order chi connectivity index (χ0) is 19.6. The molecule has 0 N–H and O–H groups in total. The highest BCUT2D eigenvalue weighted by atomic mass is 35.5. The Morgan fingerprint density at radius 3 is 2.59 bits per heavy atom. The molecule has 4 nitrogen and oxygen atoms in total. The van der Waals surface area contributed by atoms with Gasteiger partial charge in [0, 0.05) is 35.6 Å². The predicted octanol–water partition coefficient (Wildman–Crippen LogP) is 6.28. The van der Waals surface area contributed by atoms with Crippen molar-refractivity contribution in [1.29, 1.82) is 0 Å². The maximum absolute atomic E-state index is 6.46. The number of hydrogen-bond acceptors (Lipinski definition) is 3. The number of fused-ring (bicyclic) bond motifs is 1. The van der Waals surface area contributed by atoms with Gasteiger partial charge in [-0.1, -0.05) is 44.0 Å². The highest BCUT2D eigenvalue weighted by Gasteiger charge is 2.23. The lowest BCUT2D eigenvalue weighted by atomic mass is 10.1. The Morgan fingerprint density at radius 2 is 1.96 bits per heavy atom. The Bertz CT molecular complexity index is 935. The van der Waals surface area contributed by atoms with Crippen LogP contribution in [0.2, 0.25) is 10.0 Å². The van der Waals surface area contributed by atoms with E-state index in [9.17, 15) is 0 Å². The second-order valence-corrected chi connectivity index (χ2v) is 7.62. The molecule has 0 bridgehead atoms. The maximum Gasteiger partial charge on any atom is 0.165 e. The number of rotatable bonds is 7. The topological polar surface area (TPSA) is 33.4 Å². The van der Waals surface area contributed by atoms with E-state index < -0.39 is 0 Å². The van der Waals surface area contributed by atoms with Crippen LogP contribution in [0.3, 0.4) is 0 Å². The summed E-state index contributed by atoms with van der Waals surface area (Å²) in [7, 11) is 0. The molecule has 27 heavy (non-hydrogen) atoms. The minimum Gasteiger partial charge on any atom is -0.353 e. The number of hydrogen-bond donors (Lipinski definition) is 0. The summed E-state index contributed by atoms with van der Waals surface area (Å²) < 4.78 is 2.16. The van der Waals surface area contributed by atoms with Crippen LogP contribution in [0.4, 0.5) is 5.82 Å². The van der Waals surface area contributed by atoms with Gasteiger partial charge >= 0.3 is 0 Å². The molecule has 3 rings (SSSR count). The summed E-state index contributed by atoms with van der Waals surface area (Å²) in [5.74, 6) is 1.16. The third-order valence-electron chi connectivity index (χ3n) is 4.97. The summed E-state index contributed by atoms with van der Waals surface area (Å²) in [6.07, 6.45) is 6.84. The molecular weight excluding hydrogens is 379 g/mol. The largest absolute Gasteiger partial charge is 0.353 e. The van der Waals surface area contributed by atoms with Crippen LogP contribution in [-0.2, 0) is 6.42 Å². The molecule has 0 aliphatic heterocycles. The minimum absolute atomic E-state index is 0.436. The van der Waals surface area contributed by atoms with Crippen molar-refractivity contribution in [3.8, 4) is 11.3 Å². The van der Waals surface area contributed by atoms with Crippen LogP contribution in [-0.4, -0.2) is 27.0 Å². The van der Waals surface area contributed by atoms with Crippen molar-refractivity contribution >= 4 is 34.7 Å².